The lowest BCUT2D eigenvalue weighted by Crippen LogP contribution is -2.38. The van der Waals surface area contributed by atoms with Gasteiger partial charge in [-0.15, -0.1) is 11.3 Å². The molecule has 116 valence electrons. The topological polar surface area (TPSA) is 13.1 Å². The van der Waals surface area contributed by atoms with Crippen molar-refractivity contribution in [1.29, 1.82) is 0 Å². The van der Waals surface area contributed by atoms with Crippen LogP contribution in [0.4, 0.5) is 0 Å². The molecule has 0 fully saturated rings. The summed E-state index contributed by atoms with van der Waals surface area (Å²) in [6, 6.07) is 15.1. The molecule has 23 heavy (non-hydrogen) atoms. The molecule has 0 bridgehead atoms. The summed E-state index contributed by atoms with van der Waals surface area (Å²) in [7, 11) is -1.49. The van der Waals surface area contributed by atoms with Gasteiger partial charge < -0.3 is 4.42 Å². The lowest BCUT2D eigenvalue weighted by Gasteiger charge is -2.16. The zero-order chi connectivity index (χ0) is 16.2. The predicted molar refractivity (Wildman–Crippen MR) is 105 cm³/mol. The third kappa shape index (κ3) is 2.27. The van der Waals surface area contributed by atoms with Gasteiger partial charge in [-0.3, -0.25) is 0 Å². The van der Waals surface area contributed by atoms with E-state index >= 15 is 0 Å². The highest BCUT2D eigenvalue weighted by Crippen LogP contribution is 2.38. The first-order valence-electron chi connectivity index (χ1n) is 7.96. The van der Waals surface area contributed by atoms with E-state index in [1.807, 2.05) is 11.3 Å². The minimum absolute atomic E-state index is 1.05. The van der Waals surface area contributed by atoms with Gasteiger partial charge in [0, 0.05) is 21.0 Å². The maximum Gasteiger partial charge on any atom is 0.142 e. The molecular formula is C20H20OSSi. The number of aryl methyl sites for hydroxylation is 1. The summed E-state index contributed by atoms with van der Waals surface area (Å²) < 4.78 is 7.67. The van der Waals surface area contributed by atoms with Gasteiger partial charge in [0.1, 0.15) is 11.3 Å². The molecule has 0 unspecified atom stereocenters. The molecule has 2 aromatic carbocycles. The molecule has 2 heterocycles. The van der Waals surface area contributed by atoms with Gasteiger partial charge in [0.2, 0.25) is 0 Å². The molecule has 0 amide bonds. The van der Waals surface area contributed by atoms with Crippen LogP contribution in [-0.2, 0) is 0 Å². The van der Waals surface area contributed by atoms with Crippen molar-refractivity contribution in [3.8, 4) is 11.1 Å². The van der Waals surface area contributed by atoms with Crippen molar-refractivity contribution in [2.45, 2.75) is 26.6 Å². The Morgan fingerprint density at radius 3 is 2.43 bits per heavy atom. The van der Waals surface area contributed by atoms with Crippen LogP contribution in [0.2, 0.25) is 19.6 Å². The molecule has 3 heteroatoms. The summed E-state index contributed by atoms with van der Waals surface area (Å²) >= 11 is 1.81. The van der Waals surface area contributed by atoms with E-state index in [4.69, 9.17) is 4.42 Å². The Hall–Kier alpha value is -1.84. The number of hydrogen-bond acceptors (Lipinski definition) is 2. The quantitative estimate of drug-likeness (QED) is 0.399. The minimum atomic E-state index is -1.49. The first-order valence-corrected chi connectivity index (χ1v) is 12.3. The number of rotatable bonds is 2. The van der Waals surface area contributed by atoms with Crippen LogP contribution in [0, 0.1) is 6.92 Å². The second-order valence-corrected chi connectivity index (χ2v) is 13.1. The summed E-state index contributed by atoms with van der Waals surface area (Å²) in [6.07, 6.45) is 0. The number of benzene rings is 2. The van der Waals surface area contributed by atoms with E-state index in [0.29, 0.717) is 0 Å². The van der Waals surface area contributed by atoms with Crippen molar-refractivity contribution in [2.75, 3.05) is 0 Å². The van der Waals surface area contributed by atoms with Crippen LogP contribution in [0.3, 0.4) is 0 Å². The highest BCUT2D eigenvalue weighted by Gasteiger charge is 2.28. The first-order chi connectivity index (χ1) is 11.0. The molecule has 4 rings (SSSR count). The molecule has 1 nitrogen and oxygen atoms in total. The van der Waals surface area contributed by atoms with Crippen LogP contribution < -0.4 is 5.19 Å². The summed E-state index contributed by atoms with van der Waals surface area (Å²) in [6.45, 7) is 9.33. The summed E-state index contributed by atoms with van der Waals surface area (Å²) in [4.78, 5) is 0. The van der Waals surface area contributed by atoms with E-state index in [9.17, 15) is 0 Å². The largest absolute Gasteiger partial charge is 0.461 e. The van der Waals surface area contributed by atoms with E-state index in [-0.39, 0.29) is 0 Å². The Balaban J connectivity index is 2.21. The maximum absolute atomic E-state index is 6.33. The monoisotopic (exact) mass is 336 g/mol. The highest BCUT2D eigenvalue weighted by atomic mass is 32.1. The fourth-order valence-corrected chi connectivity index (χ4v) is 6.50. The Morgan fingerprint density at radius 2 is 1.74 bits per heavy atom. The Kier molecular flexibility index (Phi) is 3.25. The highest BCUT2D eigenvalue weighted by molar-refractivity contribution is 7.17. The molecule has 2 aromatic heterocycles. The van der Waals surface area contributed by atoms with Crippen LogP contribution in [0.15, 0.2) is 52.3 Å². The van der Waals surface area contributed by atoms with Crippen molar-refractivity contribution >= 4 is 45.7 Å². The molecular weight excluding hydrogens is 316 g/mol. The zero-order valence-corrected chi connectivity index (χ0v) is 15.8. The van der Waals surface area contributed by atoms with Gasteiger partial charge in [-0.2, -0.15) is 0 Å². The third-order valence-corrected chi connectivity index (χ3v) is 7.37. The fourth-order valence-electron chi connectivity index (χ4n) is 3.56. The molecule has 0 N–H and O–H groups in total. The van der Waals surface area contributed by atoms with E-state index in [2.05, 4.69) is 74.4 Å². The summed E-state index contributed by atoms with van der Waals surface area (Å²) in [5, 5.41) is 6.35. The van der Waals surface area contributed by atoms with Crippen LogP contribution in [0.1, 0.15) is 5.76 Å². The second-order valence-electron chi connectivity index (χ2n) is 7.11. The molecule has 0 saturated heterocycles. The van der Waals surface area contributed by atoms with Gasteiger partial charge in [-0.05, 0) is 35.2 Å². The molecule has 0 radical (unpaired) electrons. The second kappa shape index (κ2) is 5.08. The van der Waals surface area contributed by atoms with Gasteiger partial charge in [-0.1, -0.05) is 50.0 Å². The average Bonchev–Trinajstić information content (AvgIpc) is 3.09. The Morgan fingerprint density at radius 1 is 1.00 bits per heavy atom. The lowest BCUT2D eigenvalue weighted by molar-refractivity contribution is 0.582. The van der Waals surface area contributed by atoms with Crippen LogP contribution in [0.25, 0.3) is 32.2 Å². The number of hydrogen-bond donors (Lipinski definition) is 0. The summed E-state index contributed by atoms with van der Waals surface area (Å²) in [5.41, 5.74) is 3.49. The smallest absolute Gasteiger partial charge is 0.142 e. The van der Waals surface area contributed by atoms with E-state index in [1.165, 1.54) is 31.8 Å². The number of fused-ring (bicyclic) bond motifs is 3. The zero-order valence-electron chi connectivity index (χ0n) is 13.9. The lowest BCUT2D eigenvalue weighted by atomic mass is 10.0. The standard InChI is InChI=1S/C20H20OSSi/c1-13-20(23(2,3)4)18-15-10-11-22-17(15)12-16(19(18)21-13)14-8-6-5-7-9-14/h5-12H,1-4H3. The molecule has 0 saturated carbocycles. The third-order valence-electron chi connectivity index (χ3n) is 4.40. The van der Waals surface area contributed by atoms with Crippen molar-refractivity contribution < 1.29 is 4.42 Å². The van der Waals surface area contributed by atoms with Gasteiger partial charge in [0.25, 0.3) is 0 Å². The van der Waals surface area contributed by atoms with Crippen LogP contribution >= 0.6 is 11.3 Å². The Labute approximate surface area is 141 Å². The van der Waals surface area contributed by atoms with E-state index in [0.717, 1.165) is 11.3 Å². The molecule has 0 spiro atoms. The van der Waals surface area contributed by atoms with Crippen molar-refractivity contribution in [1.82, 2.24) is 0 Å². The van der Waals surface area contributed by atoms with Gasteiger partial charge in [0.15, 0.2) is 0 Å². The van der Waals surface area contributed by atoms with E-state index in [1.54, 1.807) is 0 Å². The number of furan rings is 1. The molecule has 4 aromatic rings. The maximum atomic E-state index is 6.33. The molecule has 0 aliphatic carbocycles. The summed E-state index contributed by atoms with van der Waals surface area (Å²) in [5.74, 6) is 1.09. The normalized spacial score (nSPS) is 12.3. The van der Waals surface area contributed by atoms with Crippen LogP contribution in [-0.4, -0.2) is 8.07 Å². The first kappa shape index (κ1) is 14.7. The molecule has 0 aliphatic rings. The SMILES string of the molecule is Cc1oc2c(-c3ccccc3)cc3sccc3c2c1[Si](C)(C)C. The van der Waals surface area contributed by atoms with Crippen molar-refractivity contribution in [3.63, 3.8) is 0 Å². The molecule has 0 aliphatic heterocycles. The average molecular weight is 337 g/mol. The van der Waals surface area contributed by atoms with Crippen molar-refractivity contribution in [2.24, 2.45) is 0 Å². The fraction of sp³-hybridized carbons (Fsp3) is 0.200. The van der Waals surface area contributed by atoms with Crippen molar-refractivity contribution in [3.05, 3.63) is 53.6 Å². The van der Waals surface area contributed by atoms with Gasteiger partial charge in [0.05, 0.1) is 8.07 Å². The number of thiophene rings is 1. The Bertz CT molecular complexity index is 1000. The predicted octanol–water partition coefficient (Wildman–Crippen LogP) is 6.17. The van der Waals surface area contributed by atoms with Gasteiger partial charge in [-0.25, -0.2) is 0 Å². The van der Waals surface area contributed by atoms with Gasteiger partial charge >= 0.3 is 0 Å². The van der Waals surface area contributed by atoms with E-state index < -0.39 is 8.07 Å². The molecule has 0 atom stereocenters. The minimum Gasteiger partial charge on any atom is -0.461 e. The van der Waals surface area contributed by atoms with Crippen LogP contribution in [0.5, 0.6) is 0 Å².